The highest BCUT2D eigenvalue weighted by Crippen LogP contribution is 2.19. The minimum Gasteiger partial charge on any atom is -0.396 e. The van der Waals surface area contributed by atoms with Gasteiger partial charge in [-0.2, -0.15) is 0 Å². The monoisotopic (exact) mass is 179 g/mol. The van der Waals surface area contributed by atoms with Gasteiger partial charge in [0, 0.05) is 18.6 Å². The second-order valence-electron chi connectivity index (χ2n) is 3.84. The Morgan fingerprint density at radius 1 is 1.31 bits per heavy atom. The van der Waals surface area contributed by atoms with Crippen molar-refractivity contribution in [2.75, 3.05) is 13.2 Å². The summed E-state index contributed by atoms with van der Waals surface area (Å²) in [6.07, 6.45) is 0.834. The van der Waals surface area contributed by atoms with E-state index in [0.29, 0.717) is 6.54 Å². The van der Waals surface area contributed by atoms with Crippen molar-refractivity contribution in [1.29, 1.82) is 0 Å². The van der Waals surface area contributed by atoms with Gasteiger partial charge in [-0.15, -0.1) is 0 Å². The normalized spacial score (nSPS) is 15.3. The van der Waals surface area contributed by atoms with Crippen molar-refractivity contribution in [3.05, 3.63) is 35.9 Å². The van der Waals surface area contributed by atoms with Crippen molar-refractivity contribution in [2.24, 2.45) is 11.1 Å². The zero-order valence-electron chi connectivity index (χ0n) is 8.03. The van der Waals surface area contributed by atoms with E-state index in [1.54, 1.807) is 0 Å². The van der Waals surface area contributed by atoms with Crippen molar-refractivity contribution >= 4 is 0 Å². The maximum absolute atomic E-state index is 9.17. The lowest BCUT2D eigenvalue weighted by molar-refractivity contribution is 0.149. The third-order valence-electron chi connectivity index (χ3n) is 2.35. The van der Waals surface area contributed by atoms with E-state index >= 15 is 0 Å². The number of rotatable bonds is 4. The SMILES string of the molecule is C[C@@](CN)(CO)Cc1ccccc1. The van der Waals surface area contributed by atoms with Crippen LogP contribution in [0.2, 0.25) is 0 Å². The van der Waals surface area contributed by atoms with Gasteiger partial charge in [-0.1, -0.05) is 37.3 Å². The second kappa shape index (κ2) is 4.40. The predicted octanol–water partition coefficient (Wildman–Crippen LogP) is 1.19. The van der Waals surface area contributed by atoms with Crippen LogP contribution in [0.5, 0.6) is 0 Å². The summed E-state index contributed by atoms with van der Waals surface area (Å²) in [7, 11) is 0. The van der Waals surface area contributed by atoms with Crippen molar-refractivity contribution < 1.29 is 5.11 Å². The van der Waals surface area contributed by atoms with Gasteiger partial charge in [-0.25, -0.2) is 0 Å². The van der Waals surface area contributed by atoms with Crippen LogP contribution in [-0.4, -0.2) is 18.3 Å². The molecule has 72 valence electrons. The molecule has 0 fully saturated rings. The van der Waals surface area contributed by atoms with E-state index in [0.717, 1.165) is 6.42 Å². The van der Waals surface area contributed by atoms with Crippen molar-refractivity contribution in [1.82, 2.24) is 0 Å². The number of nitrogens with two attached hydrogens (primary N) is 1. The van der Waals surface area contributed by atoms with Crippen molar-refractivity contribution in [3.63, 3.8) is 0 Å². The Morgan fingerprint density at radius 2 is 1.92 bits per heavy atom. The summed E-state index contributed by atoms with van der Waals surface area (Å²) >= 11 is 0. The van der Waals surface area contributed by atoms with E-state index < -0.39 is 0 Å². The summed E-state index contributed by atoms with van der Waals surface area (Å²) in [5, 5.41) is 9.17. The van der Waals surface area contributed by atoms with Crippen LogP contribution in [0, 0.1) is 5.41 Å². The molecule has 0 aromatic heterocycles. The Balaban J connectivity index is 2.68. The second-order valence-corrected chi connectivity index (χ2v) is 3.84. The molecule has 3 N–H and O–H groups in total. The highest BCUT2D eigenvalue weighted by molar-refractivity contribution is 5.16. The average Bonchev–Trinajstić information content (AvgIpc) is 2.19. The van der Waals surface area contributed by atoms with E-state index in [1.807, 2.05) is 25.1 Å². The number of aliphatic hydroxyl groups excluding tert-OH is 1. The molecule has 1 rings (SSSR count). The molecule has 1 aromatic rings. The summed E-state index contributed by atoms with van der Waals surface area (Å²) in [4.78, 5) is 0. The first-order valence-corrected chi connectivity index (χ1v) is 4.55. The fraction of sp³-hybridized carbons (Fsp3) is 0.455. The lowest BCUT2D eigenvalue weighted by Gasteiger charge is -2.25. The minimum absolute atomic E-state index is 0.137. The summed E-state index contributed by atoms with van der Waals surface area (Å²) in [5.74, 6) is 0. The van der Waals surface area contributed by atoms with Gasteiger partial charge < -0.3 is 10.8 Å². The molecule has 0 saturated carbocycles. The smallest absolute Gasteiger partial charge is 0.0500 e. The van der Waals surface area contributed by atoms with Crippen molar-refractivity contribution in [2.45, 2.75) is 13.3 Å². The lowest BCUT2D eigenvalue weighted by Crippen LogP contribution is -2.33. The van der Waals surface area contributed by atoms with Gasteiger partial charge in [0.2, 0.25) is 0 Å². The number of hydrogen-bond donors (Lipinski definition) is 2. The van der Waals surface area contributed by atoms with E-state index in [1.165, 1.54) is 5.56 Å². The van der Waals surface area contributed by atoms with Gasteiger partial charge >= 0.3 is 0 Å². The molecule has 13 heavy (non-hydrogen) atoms. The molecule has 0 bridgehead atoms. The summed E-state index contributed by atoms with van der Waals surface area (Å²) in [5.41, 5.74) is 6.65. The van der Waals surface area contributed by atoms with Gasteiger partial charge in [0.1, 0.15) is 0 Å². The third kappa shape index (κ3) is 2.83. The Morgan fingerprint density at radius 3 is 2.38 bits per heavy atom. The minimum atomic E-state index is -0.179. The summed E-state index contributed by atoms with van der Waals surface area (Å²) in [6, 6.07) is 10.1. The van der Waals surface area contributed by atoms with E-state index in [4.69, 9.17) is 10.8 Å². The molecule has 0 aliphatic rings. The van der Waals surface area contributed by atoms with Crippen LogP contribution in [0.4, 0.5) is 0 Å². The number of benzene rings is 1. The van der Waals surface area contributed by atoms with Gasteiger partial charge in [0.25, 0.3) is 0 Å². The zero-order valence-corrected chi connectivity index (χ0v) is 8.03. The Hall–Kier alpha value is -0.860. The highest BCUT2D eigenvalue weighted by atomic mass is 16.3. The topological polar surface area (TPSA) is 46.2 Å². The first kappa shape index (κ1) is 10.2. The maximum Gasteiger partial charge on any atom is 0.0500 e. The van der Waals surface area contributed by atoms with Gasteiger partial charge in [0.15, 0.2) is 0 Å². The molecule has 1 aromatic carbocycles. The van der Waals surface area contributed by atoms with Crippen LogP contribution < -0.4 is 5.73 Å². The van der Waals surface area contributed by atoms with Crippen LogP contribution in [0.25, 0.3) is 0 Å². The Bertz CT molecular complexity index is 242. The van der Waals surface area contributed by atoms with E-state index in [-0.39, 0.29) is 12.0 Å². The standard InChI is InChI=1S/C11H17NO/c1-11(8-12,9-13)7-10-5-3-2-4-6-10/h2-6,13H,7-9,12H2,1H3/t11-/m1/s1. The molecule has 0 aliphatic carbocycles. The van der Waals surface area contributed by atoms with Crippen LogP contribution in [0.15, 0.2) is 30.3 Å². The molecule has 0 amide bonds. The third-order valence-corrected chi connectivity index (χ3v) is 2.35. The average molecular weight is 179 g/mol. The van der Waals surface area contributed by atoms with Gasteiger partial charge in [-0.3, -0.25) is 0 Å². The molecule has 0 spiro atoms. The molecule has 2 nitrogen and oxygen atoms in total. The van der Waals surface area contributed by atoms with Crippen LogP contribution in [0.3, 0.4) is 0 Å². The number of aliphatic hydroxyl groups is 1. The molecule has 0 unspecified atom stereocenters. The van der Waals surface area contributed by atoms with Gasteiger partial charge in [-0.05, 0) is 12.0 Å². The Kier molecular flexibility index (Phi) is 3.46. The molecule has 0 aliphatic heterocycles. The first-order valence-electron chi connectivity index (χ1n) is 4.55. The lowest BCUT2D eigenvalue weighted by atomic mass is 9.85. The highest BCUT2D eigenvalue weighted by Gasteiger charge is 2.21. The molecule has 0 radical (unpaired) electrons. The van der Waals surface area contributed by atoms with Gasteiger partial charge in [0.05, 0.1) is 0 Å². The summed E-state index contributed by atoms with van der Waals surface area (Å²) < 4.78 is 0. The first-order chi connectivity index (χ1) is 6.20. The van der Waals surface area contributed by atoms with E-state index in [2.05, 4.69) is 12.1 Å². The summed E-state index contributed by atoms with van der Waals surface area (Å²) in [6.45, 7) is 2.65. The molecule has 1 atom stereocenters. The Labute approximate surface area is 79.4 Å². The fourth-order valence-electron chi connectivity index (χ4n) is 1.28. The molecular weight excluding hydrogens is 162 g/mol. The molecule has 0 heterocycles. The predicted molar refractivity (Wildman–Crippen MR) is 54.4 cm³/mol. The molecular formula is C11H17NO. The van der Waals surface area contributed by atoms with Crippen molar-refractivity contribution in [3.8, 4) is 0 Å². The van der Waals surface area contributed by atoms with Crippen LogP contribution in [0.1, 0.15) is 12.5 Å². The largest absolute Gasteiger partial charge is 0.396 e. The fourth-order valence-corrected chi connectivity index (χ4v) is 1.28. The maximum atomic E-state index is 9.17. The van der Waals surface area contributed by atoms with E-state index in [9.17, 15) is 0 Å². The number of hydrogen-bond acceptors (Lipinski definition) is 2. The van der Waals surface area contributed by atoms with Crippen LogP contribution >= 0.6 is 0 Å². The quantitative estimate of drug-likeness (QED) is 0.729. The van der Waals surface area contributed by atoms with Crippen LogP contribution in [-0.2, 0) is 6.42 Å². The molecule has 0 saturated heterocycles. The molecule has 2 heteroatoms. The zero-order chi connectivity index (χ0) is 9.73.